The van der Waals surface area contributed by atoms with Gasteiger partial charge in [0.15, 0.2) is 0 Å². The summed E-state index contributed by atoms with van der Waals surface area (Å²) in [6.45, 7) is 1.40. The second kappa shape index (κ2) is 2.74. The molecule has 0 aliphatic rings. The van der Waals surface area contributed by atoms with Crippen molar-refractivity contribution in [3.63, 3.8) is 0 Å². The molecule has 0 aromatic carbocycles. The van der Waals surface area contributed by atoms with Gasteiger partial charge < -0.3 is 0 Å². The number of hydrogen-bond donors (Lipinski definition) is 0. The molecule has 0 heterocycles. The van der Waals surface area contributed by atoms with Crippen LogP contribution in [0.25, 0.3) is 0 Å². The Morgan fingerprint density at radius 2 is 2.20 bits per heavy atom. The van der Waals surface area contributed by atoms with Gasteiger partial charge in [-0.25, -0.2) is 0 Å². The maximum absolute atomic E-state index is 9.63. The maximum atomic E-state index is 9.63. The molecule has 2 nitrogen and oxygen atoms in total. The van der Waals surface area contributed by atoms with Gasteiger partial charge in [-0.15, -0.1) is 0 Å². The van der Waals surface area contributed by atoms with Crippen LogP contribution in [-0.4, -0.2) is 5.97 Å². The van der Waals surface area contributed by atoms with E-state index in [1.807, 2.05) is 0 Å². The van der Waals surface area contributed by atoms with Crippen LogP contribution in [0.2, 0.25) is 0 Å². The van der Waals surface area contributed by atoms with Gasteiger partial charge in [-0.3, -0.25) is 0 Å². The first-order valence-corrected chi connectivity index (χ1v) is 2.81. The molecule has 0 aliphatic heterocycles. The molecule has 0 saturated heterocycles. The van der Waals surface area contributed by atoms with Crippen molar-refractivity contribution in [2.45, 2.75) is 6.92 Å². The zero-order valence-corrected chi connectivity index (χ0v) is 6.98. The standard InChI is InChI=1S/C2H4O2.U/c1-2(3)4;/h1H3,(H,3,4);/q;+1/p-1. The van der Waals surface area contributed by atoms with Crippen LogP contribution in [0.15, 0.2) is 0 Å². The third kappa shape index (κ3) is 4.52. The predicted molar refractivity (Wildman–Crippen MR) is 11.8 cm³/mol. The van der Waals surface area contributed by atoms with Crippen molar-refractivity contribution < 1.29 is 37.0 Å². The molecule has 3 heteroatoms. The zero-order valence-electron chi connectivity index (χ0n) is 2.82. The molecule has 0 amide bonds. The Morgan fingerprint density at radius 3 is 2.20 bits per heavy atom. The van der Waals surface area contributed by atoms with Crippen molar-refractivity contribution in [3.8, 4) is 0 Å². The van der Waals surface area contributed by atoms with Gasteiger partial charge in [0.1, 0.15) is 0 Å². The molecule has 0 unspecified atom stereocenters. The fraction of sp³-hybridized carbons (Fsp3) is 0.500. The van der Waals surface area contributed by atoms with Crippen LogP contribution in [0.4, 0.5) is 0 Å². The molecular weight excluding hydrogens is 294 g/mol. The van der Waals surface area contributed by atoms with Gasteiger partial charge in [0.25, 0.3) is 0 Å². The van der Waals surface area contributed by atoms with Crippen LogP contribution in [0.5, 0.6) is 0 Å². The summed E-state index contributed by atoms with van der Waals surface area (Å²) in [6.07, 6.45) is 0. The molecule has 27 valence electrons. The van der Waals surface area contributed by atoms with E-state index in [2.05, 4.69) is 2.24 Å². The monoisotopic (exact) mass is 297 g/mol. The SMILES string of the molecule is CC(=O)[O][U]. The van der Waals surface area contributed by atoms with E-state index in [4.69, 9.17) is 0 Å². The summed E-state index contributed by atoms with van der Waals surface area (Å²) in [5.41, 5.74) is 0. The second-order valence-electron chi connectivity index (χ2n) is 0.594. The van der Waals surface area contributed by atoms with E-state index in [0.29, 0.717) is 29.9 Å². The Balaban J connectivity index is 2.85. The first-order chi connectivity index (χ1) is 2.27. The average Bonchev–Trinajstić information content (AvgIpc) is 1.38. The van der Waals surface area contributed by atoms with Crippen LogP contribution in [0.3, 0.4) is 0 Å². The van der Waals surface area contributed by atoms with Crippen molar-refractivity contribution in [2.24, 2.45) is 0 Å². The van der Waals surface area contributed by atoms with Gasteiger partial charge in [-0.2, -0.15) is 0 Å². The average molecular weight is 297 g/mol. The first kappa shape index (κ1) is 5.52. The molecule has 0 saturated carbocycles. The normalized spacial score (nSPS) is 7.00. The van der Waals surface area contributed by atoms with Crippen molar-refractivity contribution in [1.82, 2.24) is 0 Å². The number of carbonyl (C=O) groups excluding carboxylic acids is 1. The van der Waals surface area contributed by atoms with Crippen molar-refractivity contribution in [3.05, 3.63) is 0 Å². The third-order valence-corrected chi connectivity index (χ3v) is 1.34. The molecule has 0 aliphatic carbocycles. The van der Waals surface area contributed by atoms with E-state index in [-0.39, 0.29) is 5.97 Å². The molecule has 0 radical (unpaired) electrons. The van der Waals surface area contributed by atoms with Gasteiger partial charge in [0.05, 0.1) is 0 Å². The summed E-state index contributed by atoms with van der Waals surface area (Å²) in [7, 11) is 0. The van der Waals surface area contributed by atoms with E-state index in [0.717, 1.165) is 0 Å². The van der Waals surface area contributed by atoms with E-state index >= 15 is 0 Å². The summed E-state index contributed by atoms with van der Waals surface area (Å²) < 4.78 is 4.28. The molecule has 0 N–H and O–H groups in total. The van der Waals surface area contributed by atoms with E-state index in [1.165, 1.54) is 6.92 Å². The Labute approximate surface area is 49.9 Å². The van der Waals surface area contributed by atoms with Gasteiger partial charge in [0, 0.05) is 0 Å². The minimum atomic E-state index is -0.171. The van der Waals surface area contributed by atoms with Gasteiger partial charge >= 0.3 is 49.8 Å². The molecule has 0 spiro atoms. The molecule has 0 aromatic rings. The van der Waals surface area contributed by atoms with Gasteiger partial charge in [-0.05, 0) is 0 Å². The number of rotatable bonds is 0. The molecular formula is C2H3O2U. The third-order valence-electron chi connectivity index (χ3n) is 0.144. The van der Waals surface area contributed by atoms with E-state index in [9.17, 15) is 4.79 Å². The summed E-state index contributed by atoms with van der Waals surface area (Å²) >= 11 is 0.349. The fourth-order valence-electron chi connectivity index (χ4n) is 0. The Morgan fingerprint density at radius 1 is 2.00 bits per heavy atom. The Bertz CT molecular complexity index is 42.9. The van der Waals surface area contributed by atoms with E-state index in [1.54, 1.807) is 0 Å². The Hall–Kier alpha value is 0.522. The summed E-state index contributed by atoms with van der Waals surface area (Å²) in [6, 6.07) is 0. The number of hydrogen-bond acceptors (Lipinski definition) is 2. The summed E-state index contributed by atoms with van der Waals surface area (Å²) in [4.78, 5) is 9.63. The van der Waals surface area contributed by atoms with E-state index < -0.39 is 0 Å². The summed E-state index contributed by atoms with van der Waals surface area (Å²) in [5, 5.41) is 0. The van der Waals surface area contributed by atoms with Crippen molar-refractivity contribution >= 4 is 5.97 Å². The summed E-state index contributed by atoms with van der Waals surface area (Å²) in [5.74, 6) is -0.171. The van der Waals surface area contributed by atoms with Crippen LogP contribution < -0.4 is 0 Å². The minimum absolute atomic E-state index is 0.171. The fourth-order valence-corrected chi connectivity index (χ4v) is 0. The molecule has 0 bridgehead atoms. The van der Waals surface area contributed by atoms with Crippen LogP contribution in [0, 0.1) is 29.9 Å². The quantitative estimate of drug-likeness (QED) is 0.630. The predicted octanol–water partition coefficient (Wildman–Crippen LogP) is 0.0138. The molecule has 0 aromatic heterocycles. The topological polar surface area (TPSA) is 26.3 Å². The molecule has 0 atom stereocenters. The van der Waals surface area contributed by atoms with Crippen LogP contribution in [-0.2, 0) is 7.04 Å². The van der Waals surface area contributed by atoms with Crippen LogP contribution >= 0.6 is 0 Å². The Kier molecular flexibility index (Phi) is 3.03. The van der Waals surface area contributed by atoms with Crippen LogP contribution in [0.1, 0.15) is 6.92 Å². The van der Waals surface area contributed by atoms with Gasteiger partial charge in [-0.1, -0.05) is 0 Å². The van der Waals surface area contributed by atoms with Crippen molar-refractivity contribution in [2.75, 3.05) is 0 Å². The second-order valence-corrected chi connectivity index (χ2v) is 1.44. The molecule has 0 rings (SSSR count). The first-order valence-electron chi connectivity index (χ1n) is 1.11. The van der Waals surface area contributed by atoms with Crippen molar-refractivity contribution in [1.29, 1.82) is 0 Å². The number of carbonyl (C=O) groups is 1. The van der Waals surface area contributed by atoms with Gasteiger partial charge in [0.2, 0.25) is 0 Å². The molecule has 0 fully saturated rings. The molecule has 5 heavy (non-hydrogen) atoms. The zero-order chi connectivity index (χ0) is 4.28.